The second-order valence-electron chi connectivity index (χ2n) is 10.5. The Morgan fingerprint density at radius 1 is 0.977 bits per heavy atom. The van der Waals surface area contributed by atoms with Crippen molar-refractivity contribution in [2.75, 3.05) is 10.0 Å². The molecule has 3 heterocycles. The van der Waals surface area contributed by atoms with Crippen LogP contribution in [0.15, 0.2) is 82.5 Å². The van der Waals surface area contributed by atoms with Crippen LogP contribution in [0.2, 0.25) is 10.0 Å². The number of amides is 1. The molecule has 0 aliphatic carbocycles. The van der Waals surface area contributed by atoms with E-state index < -0.39 is 26.4 Å². The van der Waals surface area contributed by atoms with Gasteiger partial charge in [-0.05, 0) is 44.0 Å². The van der Waals surface area contributed by atoms with Gasteiger partial charge in [-0.25, -0.2) is 18.1 Å². The number of aromatic nitrogens is 4. The molecule has 44 heavy (non-hydrogen) atoms. The quantitative estimate of drug-likeness (QED) is 0.222. The highest BCUT2D eigenvalue weighted by Crippen LogP contribution is 2.35. The number of imidazole rings is 1. The highest BCUT2D eigenvalue weighted by molar-refractivity contribution is 7.92. The maximum Gasteiger partial charge on any atom is 0.296 e. The maximum atomic E-state index is 13.7. The fraction of sp³-hybridized carbons (Fsp3) is 0.194. The van der Waals surface area contributed by atoms with E-state index in [0.29, 0.717) is 29.4 Å². The summed E-state index contributed by atoms with van der Waals surface area (Å²) >= 11 is 12.8. The zero-order valence-electron chi connectivity index (χ0n) is 23.8. The van der Waals surface area contributed by atoms with Gasteiger partial charge in [-0.15, -0.1) is 0 Å². The predicted octanol–water partition coefficient (Wildman–Crippen LogP) is 6.04. The first-order valence-corrected chi connectivity index (χ1v) is 16.1. The molecule has 3 aromatic carbocycles. The standard InChI is InChI=1S/C31H28Cl2N6O4S/c1-19-27(31(41)39(37(19)2)22-13-7-4-8-14-22)36-44(42,43)24-18-21(17-23(32)26(24)33)30(40)35-29-28(20-11-5-3-6-12-20)34-25-15-9-10-16-38(25)29/h3-8,11-14,17-18,36H,9-10,15-16H2,1-2H3,(H,35,40). The molecule has 0 atom stereocenters. The van der Waals surface area contributed by atoms with Gasteiger partial charge in [0.25, 0.3) is 21.5 Å². The molecule has 2 N–H and O–H groups in total. The third-order valence-corrected chi connectivity index (χ3v) is 9.98. The number of hydrogen-bond donors (Lipinski definition) is 2. The van der Waals surface area contributed by atoms with Crippen LogP contribution in [0.25, 0.3) is 16.9 Å². The number of carbonyl (C=O) groups excluding carboxylic acids is 1. The summed E-state index contributed by atoms with van der Waals surface area (Å²) in [6.45, 7) is 2.31. The molecule has 0 fully saturated rings. The molecule has 6 rings (SSSR count). The number of carbonyl (C=O) groups is 1. The van der Waals surface area contributed by atoms with Crippen molar-refractivity contribution in [3.8, 4) is 16.9 Å². The number of benzene rings is 3. The zero-order valence-corrected chi connectivity index (χ0v) is 26.2. The van der Waals surface area contributed by atoms with Gasteiger partial charge in [-0.1, -0.05) is 71.7 Å². The van der Waals surface area contributed by atoms with Crippen molar-refractivity contribution < 1.29 is 13.2 Å². The average molecular weight is 652 g/mol. The van der Waals surface area contributed by atoms with Crippen LogP contribution in [-0.2, 0) is 30.0 Å². The lowest BCUT2D eigenvalue weighted by Crippen LogP contribution is -2.23. The second-order valence-corrected chi connectivity index (χ2v) is 12.9. The lowest BCUT2D eigenvalue weighted by molar-refractivity contribution is 0.102. The minimum atomic E-state index is -4.47. The van der Waals surface area contributed by atoms with E-state index in [1.807, 2.05) is 41.0 Å². The number of anilines is 2. The molecule has 10 nitrogen and oxygen atoms in total. The summed E-state index contributed by atoms with van der Waals surface area (Å²) in [5.41, 5.74) is 1.64. The topological polar surface area (TPSA) is 120 Å². The van der Waals surface area contributed by atoms with Crippen molar-refractivity contribution in [3.63, 3.8) is 0 Å². The average Bonchev–Trinajstić information content (AvgIpc) is 3.48. The van der Waals surface area contributed by atoms with E-state index in [4.69, 9.17) is 28.2 Å². The number of sulfonamides is 1. The van der Waals surface area contributed by atoms with E-state index in [1.54, 1.807) is 42.9 Å². The van der Waals surface area contributed by atoms with E-state index in [0.717, 1.165) is 36.7 Å². The van der Waals surface area contributed by atoms with Gasteiger partial charge in [-0.2, -0.15) is 0 Å². The van der Waals surface area contributed by atoms with Crippen molar-refractivity contribution in [3.05, 3.63) is 110 Å². The number of nitrogens with zero attached hydrogens (tertiary/aromatic N) is 4. The zero-order chi connectivity index (χ0) is 31.2. The van der Waals surface area contributed by atoms with Gasteiger partial charge in [0, 0.05) is 31.1 Å². The molecule has 0 radical (unpaired) electrons. The van der Waals surface area contributed by atoms with Crippen LogP contribution in [0.5, 0.6) is 0 Å². The molecule has 0 saturated carbocycles. The molecule has 0 saturated heterocycles. The van der Waals surface area contributed by atoms with Gasteiger partial charge in [0.15, 0.2) is 0 Å². The molecule has 1 aliphatic rings. The van der Waals surface area contributed by atoms with E-state index in [2.05, 4.69) is 10.0 Å². The normalized spacial score (nSPS) is 13.0. The molecule has 1 aliphatic heterocycles. The van der Waals surface area contributed by atoms with Crippen molar-refractivity contribution in [1.82, 2.24) is 18.9 Å². The minimum absolute atomic E-state index is 0.0309. The Balaban J connectivity index is 1.36. The summed E-state index contributed by atoms with van der Waals surface area (Å²) in [5.74, 6) is 0.796. The molecule has 0 unspecified atom stereocenters. The minimum Gasteiger partial charge on any atom is -0.314 e. The van der Waals surface area contributed by atoms with Crippen molar-refractivity contribution in [2.45, 2.75) is 37.6 Å². The number of rotatable bonds is 7. The fourth-order valence-corrected chi connectivity index (χ4v) is 7.28. The highest BCUT2D eigenvalue weighted by Gasteiger charge is 2.28. The Bertz CT molecular complexity index is 2070. The SMILES string of the molecule is Cc1c(NS(=O)(=O)c2cc(C(=O)Nc3c(-c4ccccc4)nc4n3CCCC4)cc(Cl)c2Cl)c(=O)n(-c2ccccc2)n1C. The van der Waals surface area contributed by atoms with E-state index in [-0.39, 0.29) is 21.3 Å². The van der Waals surface area contributed by atoms with Crippen LogP contribution in [0.1, 0.15) is 34.7 Å². The van der Waals surface area contributed by atoms with Crippen molar-refractivity contribution in [1.29, 1.82) is 0 Å². The summed E-state index contributed by atoms with van der Waals surface area (Å²) in [6, 6.07) is 20.8. The molecule has 0 spiro atoms. The van der Waals surface area contributed by atoms with Crippen molar-refractivity contribution >= 4 is 50.6 Å². The largest absolute Gasteiger partial charge is 0.314 e. The molecular weight excluding hydrogens is 623 g/mol. The predicted molar refractivity (Wildman–Crippen MR) is 172 cm³/mol. The second kappa shape index (κ2) is 11.6. The number of hydrogen-bond acceptors (Lipinski definition) is 5. The van der Waals surface area contributed by atoms with Crippen molar-refractivity contribution in [2.24, 2.45) is 7.05 Å². The molecule has 13 heteroatoms. The summed E-state index contributed by atoms with van der Waals surface area (Å²) in [7, 11) is -2.82. The smallest absolute Gasteiger partial charge is 0.296 e. The Labute approximate surface area is 263 Å². The van der Waals surface area contributed by atoms with Gasteiger partial charge >= 0.3 is 0 Å². The molecule has 0 bridgehead atoms. The first-order valence-electron chi connectivity index (χ1n) is 13.9. The summed E-state index contributed by atoms with van der Waals surface area (Å²) in [6.07, 6.45) is 2.71. The van der Waals surface area contributed by atoms with E-state index in [1.165, 1.54) is 10.7 Å². The molecule has 1 amide bonds. The summed E-state index contributed by atoms with van der Waals surface area (Å²) < 4.78 is 34.7. The summed E-state index contributed by atoms with van der Waals surface area (Å²) in [5, 5.41) is 2.53. The first-order chi connectivity index (χ1) is 21.1. The highest BCUT2D eigenvalue weighted by atomic mass is 35.5. The lowest BCUT2D eigenvalue weighted by Gasteiger charge is -2.17. The number of fused-ring (bicyclic) bond motifs is 1. The van der Waals surface area contributed by atoms with Gasteiger partial charge < -0.3 is 9.88 Å². The fourth-order valence-electron chi connectivity index (χ4n) is 5.35. The Kier molecular flexibility index (Phi) is 7.87. The maximum absolute atomic E-state index is 13.7. The van der Waals surface area contributed by atoms with Gasteiger partial charge in [0.2, 0.25) is 0 Å². The van der Waals surface area contributed by atoms with Gasteiger partial charge in [-0.3, -0.25) is 19.0 Å². The lowest BCUT2D eigenvalue weighted by atomic mass is 10.1. The van der Waals surface area contributed by atoms with Crippen LogP contribution in [0, 0.1) is 6.92 Å². The van der Waals surface area contributed by atoms with Crippen LogP contribution in [0.3, 0.4) is 0 Å². The first kappa shape index (κ1) is 29.7. The number of nitrogens with one attached hydrogen (secondary N) is 2. The van der Waals surface area contributed by atoms with Crippen LogP contribution < -0.4 is 15.6 Å². The number of aryl methyl sites for hydroxylation is 1. The van der Waals surface area contributed by atoms with Crippen LogP contribution >= 0.6 is 23.2 Å². The number of para-hydroxylation sites is 1. The van der Waals surface area contributed by atoms with Crippen LogP contribution in [0.4, 0.5) is 11.5 Å². The Morgan fingerprint density at radius 2 is 1.66 bits per heavy atom. The van der Waals surface area contributed by atoms with E-state index >= 15 is 0 Å². The molecule has 226 valence electrons. The van der Waals surface area contributed by atoms with Crippen LogP contribution in [-0.4, -0.2) is 33.2 Å². The Morgan fingerprint density at radius 3 is 2.36 bits per heavy atom. The molecular formula is C31H28Cl2N6O4S. The summed E-state index contributed by atoms with van der Waals surface area (Å²) in [4.78, 5) is 31.4. The monoisotopic (exact) mass is 650 g/mol. The third-order valence-electron chi connectivity index (χ3n) is 7.70. The van der Waals surface area contributed by atoms with E-state index in [9.17, 15) is 18.0 Å². The molecule has 2 aromatic heterocycles. The third kappa shape index (κ3) is 5.31. The van der Waals surface area contributed by atoms with Gasteiger partial charge in [0.1, 0.15) is 27.9 Å². The Hall–Kier alpha value is -4.32. The number of halogens is 2. The molecule has 5 aromatic rings. The van der Waals surface area contributed by atoms with Gasteiger partial charge in [0.05, 0.1) is 21.4 Å².